The van der Waals surface area contributed by atoms with Crippen LogP contribution in [0.5, 0.6) is 0 Å². The Bertz CT molecular complexity index is 407. The lowest BCUT2D eigenvalue weighted by molar-refractivity contribution is -0.115. The molecule has 4 nitrogen and oxygen atoms in total. The number of anilines is 1. The van der Waals surface area contributed by atoms with Crippen molar-refractivity contribution in [1.82, 2.24) is 0 Å². The molecule has 4 heteroatoms. The van der Waals surface area contributed by atoms with Crippen molar-refractivity contribution < 1.29 is 9.53 Å². The third-order valence-corrected chi connectivity index (χ3v) is 2.08. The molecule has 1 aromatic carbocycles. The normalized spacial score (nSPS) is 15.9. The van der Waals surface area contributed by atoms with Crippen LogP contribution in [0.2, 0.25) is 0 Å². The fraction of sp³-hybridized carbons (Fsp3) is 0.100. The minimum atomic E-state index is -0.0905. The van der Waals surface area contributed by atoms with Crippen LogP contribution in [0, 0.1) is 0 Å². The van der Waals surface area contributed by atoms with Gasteiger partial charge in [-0.2, -0.15) is 0 Å². The van der Waals surface area contributed by atoms with Crippen LogP contribution in [0.3, 0.4) is 0 Å². The topological polar surface area (TPSA) is 78.3 Å². The molecule has 14 heavy (non-hydrogen) atoms. The molecular weight excluding hydrogens is 180 g/mol. The van der Waals surface area contributed by atoms with Crippen molar-refractivity contribution in [3.05, 3.63) is 35.7 Å². The van der Waals surface area contributed by atoms with Crippen LogP contribution < -0.4 is 11.5 Å². The molecule has 0 saturated carbocycles. The molecule has 0 fully saturated rings. The molecule has 0 saturated heterocycles. The monoisotopic (exact) mass is 190 g/mol. The van der Waals surface area contributed by atoms with E-state index in [0.29, 0.717) is 11.3 Å². The highest BCUT2D eigenvalue weighted by molar-refractivity contribution is 6.23. The highest BCUT2D eigenvalue weighted by atomic mass is 16.5. The molecule has 1 heterocycles. The standard InChI is InChI=1S/C10H10N2O2/c11-7-3-1-6(2-4-7)9-8(13)5-14-10(9)12/h1-4H,5,11-12H2. The Morgan fingerprint density at radius 3 is 2.29 bits per heavy atom. The molecule has 0 unspecified atom stereocenters. The maximum absolute atomic E-state index is 11.4. The summed E-state index contributed by atoms with van der Waals surface area (Å²) >= 11 is 0. The van der Waals surface area contributed by atoms with E-state index in [-0.39, 0.29) is 18.3 Å². The number of Topliss-reactive ketones (excluding diaryl/α,β-unsaturated/α-hetero) is 1. The van der Waals surface area contributed by atoms with E-state index in [1.165, 1.54) is 0 Å². The zero-order chi connectivity index (χ0) is 10.1. The SMILES string of the molecule is NC1=C(c2ccc(N)cc2)C(=O)CO1. The van der Waals surface area contributed by atoms with E-state index in [1.807, 2.05) is 0 Å². The second-order valence-electron chi connectivity index (χ2n) is 3.07. The van der Waals surface area contributed by atoms with Gasteiger partial charge >= 0.3 is 0 Å². The maximum Gasteiger partial charge on any atom is 0.206 e. The zero-order valence-electron chi connectivity index (χ0n) is 7.49. The molecule has 1 aliphatic heterocycles. The van der Waals surface area contributed by atoms with Gasteiger partial charge in [0.1, 0.15) is 0 Å². The van der Waals surface area contributed by atoms with Gasteiger partial charge < -0.3 is 16.2 Å². The Morgan fingerprint density at radius 2 is 1.79 bits per heavy atom. The molecule has 1 aromatic rings. The first-order chi connectivity index (χ1) is 6.68. The molecule has 4 N–H and O–H groups in total. The zero-order valence-corrected chi connectivity index (χ0v) is 7.49. The van der Waals surface area contributed by atoms with E-state index >= 15 is 0 Å². The minimum absolute atomic E-state index is 0.0333. The fourth-order valence-corrected chi connectivity index (χ4v) is 1.38. The van der Waals surface area contributed by atoms with Crippen LogP contribution in [-0.4, -0.2) is 12.4 Å². The molecule has 0 amide bonds. The van der Waals surface area contributed by atoms with Crippen molar-refractivity contribution in [1.29, 1.82) is 0 Å². The van der Waals surface area contributed by atoms with Gasteiger partial charge in [0, 0.05) is 5.69 Å². The van der Waals surface area contributed by atoms with Crippen LogP contribution in [0.25, 0.3) is 5.57 Å². The number of nitrogen functional groups attached to an aromatic ring is 1. The summed E-state index contributed by atoms with van der Waals surface area (Å²) in [4.78, 5) is 11.4. The quantitative estimate of drug-likeness (QED) is 0.632. The number of ketones is 1. The number of hydrogen-bond donors (Lipinski definition) is 2. The maximum atomic E-state index is 11.4. The lowest BCUT2D eigenvalue weighted by atomic mass is 10.0. The highest BCUT2D eigenvalue weighted by Crippen LogP contribution is 2.23. The largest absolute Gasteiger partial charge is 0.470 e. The molecular formula is C10H10N2O2. The smallest absolute Gasteiger partial charge is 0.206 e. The Labute approximate surface area is 81.2 Å². The van der Waals surface area contributed by atoms with E-state index in [2.05, 4.69) is 0 Å². The van der Waals surface area contributed by atoms with Crippen LogP contribution >= 0.6 is 0 Å². The third kappa shape index (κ3) is 1.31. The number of carbonyl (C=O) groups is 1. The Balaban J connectivity index is 2.44. The predicted molar refractivity (Wildman–Crippen MR) is 52.9 cm³/mol. The van der Waals surface area contributed by atoms with E-state index < -0.39 is 0 Å². The van der Waals surface area contributed by atoms with Gasteiger partial charge in [-0.3, -0.25) is 4.79 Å². The third-order valence-electron chi connectivity index (χ3n) is 2.08. The number of benzene rings is 1. The van der Waals surface area contributed by atoms with Gasteiger partial charge in [0.25, 0.3) is 0 Å². The van der Waals surface area contributed by atoms with Gasteiger partial charge in [-0.1, -0.05) is 12.1 Å². The summed E-state index contributed by atoms with van der Waals surface area (Å²) in [6, 6.07) is 6.96. The van der Waals surface area contributed by atoms with Crippen molar-refractivity contribution >= 4 is 17.0 Å². The van der Waals surface area contributed by atoms with Crippen molar-refractivity contribution in [2.45, 2.75) is 0 Å². The molecule has 72 valence electrons. The summed E-state index contributed by atoms with van der Waals surface area (Å²) in [6.07, 6.45) is 0. The van der Waals surface area contributed by atoms with Crippen LogP contribution in [0.1, 0.15) is 5.56 Å². The Morgan fingerprint density at radius 1 is 1.14 bits per heavy atom. The lowest BCUT2D eigenvalue weighted by Crippen LogP contribution is -2.01. The molecule has 0 atom stereocenters. The summed E-state index contributed by atoms with van der Waals surface area (Å²) in [5, 5.41) is 0. The first-order valence-electron chi connectivity index (χ1n) is 4.20. The molecule has 0 spiro atoms. The first-order valence-corrected chi connectivity index (χ1v) is 4.20. The van der Waals surface area contributed by atoms with Gasteiger partial charge in [0.15, 0.2) is 12.5 Å². The van der Waals surface area contributed by atoms with Crippen LogP contribution in [0.4, 0.5) is 5.69 Å². The highest BCUT2D eigenvalue weighted by Gasteiger charge is 2.23. The van der Waals surface area contributed by atoms with Crippen molar-refractivity contribution in [3.63, 3.8) is 0 Å². The fourth-order valence-electron chi connectivity index (χ4n) is 1.38. The number of ether oxygens (including phenoxy) is 1. The van der Waals surface area contributed by atoms with E-state index in [0.717, 1.165) is 5.56 Å². The lowest BCUT2D eigenvalue weighted by Gasteiger charge is -2.00. The molecule has 0 bridgehead atoms. The minimum Gasteiger partial charge on any atom is -0.470 e. The average molecular weight is 190 g/mol. The van der Waals surface area contributed by atoms with E-state index in [4.69, 9.17) is 16.2 Å². The second-order valence-corrected chi connectivity index (χ2v) is 3.07. The predicted octanol–water partition coefficient (Wildman–Crippen LogP) is 0.495. The van der Waals surface area contributed by atoms with Gasteiger partial charge in [0.05, 0.1) is 5.57 Å². The van der Waals surface area contributed by atoms with Crippen molar-refractivity contribution in [3.8, 4) is 0 Å². The van der Waals surface area contributed by atoms with Gasteiger partial charge in [-0.15, -0.1) is 0 Å². The Hall–Kier alpha value is -1.97. The summed E-state index contributed by atoms with van der Waals surface area (Å²) in [5.74, 6) is 0.104. The summed E-state index contributed by atoms with van der Waals surface area (Å²) in [5.41, 5.74) is 12.9. The molecule has 2 rings (SSSR count). The summed E-state index contributed by atoms with van der Waals surface area (Å²) in [7, 11) is 0. The van der Waals surface area contributed by atoms with Gasteiger partial charge in [-0.05, 0) is 17.7 Å². The van der Waals surface area contributed by atoms with E-state index in [9.17, 15) is 4.79 Å². The first kappa shape index (κ1) is 8.62. The molecule has 0 radical (unpaired) electrons. The average Bonchev–Trinajstić information content (AvgIpc) is 2.49. The molecule has 1 aliphatic rings. The number of hydrogen-bond acceptors (Lipinski definition) is 4. The summed E-state index contributed by atoms with van der Waals surface area (Å²) < 4.78 is 4.94. The number of rotatable bonds is 1. The molecule has 0 aromatic heterocycles. The van der Waals surface area contributed by atoms with Crippen molar-refractivity contribution in [2.24, 2.45) is 5.73 Å². The summed E-state index contributed by atoms with van der Waals surface area (Å²) in [6.45, 7) is 0.0333. The number of carbonyl (C=O) groups excluding carboxylic acids is 1. The Kier molecular flexibility index (Phi) is 1.89. The number of nitrogens with two attached hydrogens (primary N) is 2. The second kappa shape index (κ2) is 3.06. The van der Waals surface area contributed by atoms with Crippen LogP contribution in [-0.2, 0) is 9.53 Å². The van der Waals surface area contributed by atoms with E-state index in [1.54, 1.807) is 24.3 Å². The molecule has 0 aliphatic carbocycles. The van der Waals surface area contributed by atoms with Crippen LogP contribution in [0.15, 0.2) is 30.1 Å². The van der Waals surface area contributed by atoms with Gasteiger partial charge in [-0.25, -0.2) is 0 Å². The van der Waals surface area contributed by atoms with Gasteiger partial charge in [0.2, 0.25) is 5.78 Å². The van der Waals surface area contributed by atoms with Crippen molar-refractivity contribution in [2.75, 3.05) is 12.3 Å².